The SMILES string of the molecule is NC(C(=O)c1cncc(F)c1)c1ccccc1. The Morgan fingerprint density at radius 1 is 1.24 bits per heavy atom. The van der Waals surface area contributed by atoms with Gasteiger partial charge in [0, 0.05) is 11.8 Å². The van der Waals surface area contributed by atoms with Crippen LogP contribution in [0.2, 0.25) is 0 Å². The molecular weight excluding hydrogens is 219 g/mol. The van der Waals surface area contributed by atoms with Crippen LogP contribution in [0.4, 0.5) is 4.39 Å². The number of hydrogen-bond acceptors (Lipinski definition) is 3. The molecule has 0 saturated carbocycles. The van der Waals surface area contributed by atoms with Crippen LogP contribution in [0.1, 0.15) is 22.0 Å². The minimum absolute atomic E-state index is 0.182. The maximum absolute atomic E-state index is 12.9. The van der Waals surface area contributed by atoms with Gasteiger partial charge in [-0.15, -0.1) is 0 Å². The highest BCUT2D eigenvalue weighted by molar-refractivity contribution is 6.00. The maximum Gasteiger partial charge on any atom is 0.185 e. The molecule has 1 aromatic carbocycles. The number of hydrogen-bond donors (Lipinski definition) is 1. The third-order valence-electron chi connectivity index (χ3n) is 2.43. The summed E-state index contributed by atoms with van der Waals surface area (Å²) in [5, 5.41) is 0. The van der Waals surface area contributed by atoms with Gasteiger partial charge in [-0.05, 0) is 11.6 Å². The lowest BCUT2D eigenvalue weighted by Crippen LogP contribution is -2.21. The predicted molar refractivity (Wildman–Crippen MR) is 61.9 cm³/mol. The molecule has 0 spiro atoms. The van der Waals surface area contributed by atoms with Crippen LogP contribution >= 0.6 is 0 Å². The van der Waals surface area contributed by atoms with E-state index in [1.54, 1.807) is 24.3 Å². The second-order valence-electron chi connectivity index (χ2n) is 3.64. The third-order valence-corrected chi connectivity index (χ3v) is 2.43. The Balaban J connectivity index is 2.27. The topological polar surface area (TPSA) is 56.0 Å². The maximum atomic E-state index is 12.9. The van der Waals surface area contributed by atoms with E-state index in [1.807, 2.05) is 6.07 Å². The zero-order valence-corrected chi connectivity index (χ0v) is 9.01. The van der Waals surface area contributed by atoms with E-state index in [4.69, 9.17) is 5.73 Å². The van der Waals surface area contributed by atoms with Crippen molar-refractivity contribution in [2.24, 2.45) is 5.73 Å². The lowest BCUT2D eigenvalue weighted by atomic mass is 9.99. The Bertz CT molecular complexity index is 528. The van der Waals surface area contributed by atoms with Crippen LogP contribution < -0.4 is 5.73 Å². The second-order valence-corrected chi connectivity index (χ2v) is 3.64. The van der Waals surface area contributed by atoms with Crippen LogP contribution in [0.3, 0.4) is 0 Å². The first-order valence-electron chi connectivity index (χ1n) is 5.14. The summed E-state index contributed by atoms with van der Waals surface area (Å²) in [5.41, 5.74) is 6.70. The lowest BCUT2D eigenvalue weighted by molar-refractivity contribution is 0.0960. The number of rotatable bonds is 3. The minimum atomic E-state index is -0.792. The van der Waals surface area contributed by atoms with Crippen molar-refractivity contribution in [1.29, 1.82) is 0 Å². The number of nitrogens with two attached hydrogens (primary N) is 1. The number of carbonyl (C=O) groups excluding carboxylic acids is 1. The van der Waals surface area contributed by atoms with Gasteiger partial charge >= 0.3 is 0 Å². The summed E-state index contributed by atoms with van der Waals surface area (Å²) in [4.78, 5) is 15.6. The van der Waals surface area contributed by atoms with Gasteiger partial charge in [0.15, 0.2) is 5.78 Å². The average Bonchev–Trinajstić information content (AvgIpc) is 2.38. The smallest absolute Gasteiger partial charge is 0.185 e. The highest BCUT2D eigenvalue weighted by atomic mass is 19.1. The summed E-state index contributed by atoms with van der Waals surface area (Å²) in [7, 11) is 0. The summed E-state index contributed by atoms with van der Waals surface area (Å²) < 4.78 is 12.9. The lowest BCUT2D eigenvalue weighted by Gasteiger charge is -2.10. The van der Waals surface area contributed by atoms with E-state index in [-0.39, 0.29) is 11.3 Å². The fourth-order valence-electron chi connectivity index (χ4n) is 1.54. The monoisotopic (exact) mass is 230 g/mol. The molecule has 1 unspecified atom stereocenters. The molecule has 0 aliphatic rings. The van der Waals surface area contributed by atoms with Crippen molar-refractivity contribution in [3.63, 3.8) is 0 Å². The molecule has 0 aliphatic heterocycles. The van der Waals surface area contributed by atoms with Gasteiger partial charge in [0.2, 0.25) is 0 Å². The van der Waals surface area contributed by atoms with Gasteiger partial charge in [0.1, 0.15) is 5.82 Å². The molecular formula is C13H11FN2O. The summed E-state index contributed by atoms with van der Waals surface area (Å²) in [6.45, 7) is 0. The number of ketones is 1. The first-order chi connectivity index (χ1) is 8.18. The van der Waals surface area contributed by atoms with Crippen molar-refractivity contribution < 1.29 is 9.18 Å². The van der Waals surface area contributed by atoms with Gasteiger partial charge in [-0.2, -0.15) is 0 Å². The number of benzene rings is 1. The van der Waals surface area contributed by atoms with Crippen LogP contribution in [-0.4, -0.2) is 10.8 Å². The number of carbonyl (C=O) groups is 1. The largest absolute Gasteiger partial charge is 0.318 e. The van der Waals surface area contributed by atoms with Gasteiger partial charge in [0.25, 0.3) is 0 Å². The summed E-state index contributed by atoms with van der Waals surface area (Å²) in [6.07, 6.45) is 2.36. The number of halogens is 1. The van der Waals surface area contributed by atoms with Gasteiger partial charge in [-0.3, -0.25) is 9.78 Å². The van der Waals surface area contributed by atoms with E-state index < -0.39 is 11.9 Å². The Hall–Kier alpha value is -2.07. The highest BCUT2D eigenvalue weighted by Crippen LogP contribution is 2.15. The number of pyridine rings is 1. The van der Waals surface area contributed by atoms with Crippen LogP contribution in [-0.2, 0) is 0 Å². The van der Waals surface area contributed by atoms with Crippen molar-refractivity contribution in [1.82, 2.24) is 4.98 Å². The normalized spacial score (nSPS) is 12.1. The van der Waals surface area contributed by atoms with Crippen molar-refractivity contribution in [3.05, 3.63) is 65.7 Å². The van der Waals surface area contributed by atoms with Gasteiger partial charge < -0.3 is 5.73 Å². The van der Waals surface area contributed by atoms with Crippen molar-refractivity contribution in [2.75, 3.05) is 0 Å². The number of aromatic nitrogens is 1. The Morgan fingerprint density at radius 3 is 2.59 bits per heavy atom. The fraction of sp³-hybridized carbons (Fsp3) is 0.0769. The van der Waals surface area contributed by atoms with E-state index in [9.17, 15) is 9.18 Å². The molecule has 3 nitrogen and oxygen atoms in total. The molecule has 0 bridgehead atoms. The van der Waals surface area contributed by atoms with Crippen LogP contribution in [0.15, 0.2) is 48.8 Å². The fourth-order valence-corrected chi connectivity index (χ4v) is 1.54. The summed E-state index contributed by atoms with van der Waals surface area (Å²) >= 11 is 0. The van der Waals surface area contributed by atoms with Crippen LogP contribution in [0.5, 0.6) is 0 Å². The van der Waals surface area contributed by atoms with Gasteiger partial charge in [-0.1, -0.05) is 30.3 Å². The number of nitrogens with zero attached hydrogens (tertiary/aromatic N) is 1. The van der Waals surface area contributed by atoms with E-state index in [2.05, 4.69) is 4.98 Å². The molecule has 2 aromatic rings. The summed E-state index contributed by atoms with van der Waals surface area (Å²) in [6, 6.07) is 9.30. The molecule has 1 atom stereocenters. The Labute approximate surface area is 98.1 Å². The molecule has 2 N–H and O–H groups in total. The molecule has 0 aliphatic carbocycles. The van der Waals surface area contributed by atoms with Crippen LogP contribution in [0.25, 0.3) is 0 Å². The first kappa shape index (κ1) is 11.4. The zero-order valence-electron chi connectivity index (χ0n) is 9.01. The molecule has 17 heavy (non-hydrogen) atoms. The van der Waals surface area contributed by atoms with E-state index in [1.165, 1.54) is 6.20 Å². The zero-order chi connectivity index (χ0) is 12.3. The third kappa shape index (κ3) is 2.54. The first-order valence-corrected chi connectivity index (χ1v) is 5.14. The molecule has 1 heterocycles. The molecule has 0 fully saturated rings. The molecule has 0 radical (unpaired) electrons. The van der Waals surface area contributed by atoms with E-state index in [0.29, 0.717) is 5.56 Å². The molecule has 0 saturated heterocycles. The van der Waals surface area contributed by atoms with E-state index in [0.717, 1.165) is 12.3 Å². The molecule has 1 aromatic heterocycles. The van der Waals surface area contributed by atoms with Gasteiger partial charge in [0.05, 0.1) is 12.2 Å². The predicted octanol–water partition coefficient (Wildman–Crippen LogP) is 2.10. The molecule has 2 rings (SSSR count). The molecule has 86 valence electrons. The standard InChI is InChI=1S/C13H11FN2O/c14-11-6-10(7-16-8-11)13(17)12(15)9-4-2-1-3-5-9/h1-8,12H,15H2. The second kappa shape index (κ2) is 4.84. The van der Waals surface area contributed by atoms with Gasteiger partial charge in [-0.25, -0.2) is 4.39 Å². The quantitative estimate of drug-likeness (QED) is 0.821. The summed E-state index contributed by atoms with van der Waals surface area (Å²) in [5.74, 6) is -0.890. The Morgan fingerprint density at radius 2 is 1.94 bits per heavy atom. The van der Waals surface area contributed by atoms with Crippen molar-refractivity contribution >= 4 is 5.78 Å². The minimum Gasteiger partial charge on any atom is -0.318 e. The Kier molecular flexibility index (Phi) is 3.25. The van der Waals surface area contributed by atoms with E-state index >= 15 is 0 Å². The van der Waals surface area contributed by atoms with Crippen molar-refractivity contribution in [2.45, 2.75) is 6.04 Å². The highest BCUT2D eigenvalue weighted by Gasteiger charge is 2.18. The molecule has 0 amide bonds. The van der Waals surface area contributed by atoms with Crippen molar-refractivity contribution in [3.8, 4) is 0 Å². The molecule has 4 heteroatoms. The van der Waals surface area contributed by atoms with Crippen LogP contribution in [0, 0.1) is 5.82 Å². The average molecular weight is 230 g/mol. The number of Topliss-reactive ketones (excluding diaryl/α,β-unsaturated/α-hetero) is 1.